The van der Waals surface area contributed by atoms with Gasteiger partial charge in [0.25, 0.3) is 5.56 Å². The molecule has 2 aromatic rings. The van der Waals surface area contributed by atoms with E-state index in [-0.39, 0.29) is 17.3 Å². The van der Waals surface area contributed by atoms with Gasteiger partial charge in [0.15, 0.2) is 11.5 Å². The van der Waals surface area contributed by atoms with Gasteiger partial charge < -0.3 is 15.6 Å². The molecule has 0 bridgehead atoms. The molecule has 0 saturated heterocycles. The average molecular weight is 316 g/mol. The third kappa shape index (κ3) is 3.29. The Bertz CT molecular complexity index is 772. The molecule has 2 heterocycles. The van der Waals surface area contributed by atoms with E-state index in [4.69, 9.17) is 10.5 Å². The second kappa shape index (κ2) is 6.29. The summed E-state index contributed by atoms with van der Waals surface area (Å²) >= 11 is 0. The van der Waals surface area contributed by atoms with Crippen molar-refractivity contribution in [3.05, 3.63) is 45.4 Å². The number of aromatic amines is 1. The number of hydrogen-bond acceptors (Lipinski definition) is 6. The fourth-order valence-corrected chi connectivity index (χ4v) is 2.82. The number of nitrogens with two attached hydrogens (primary N) is 1. The first kappa shape index (κ1) is 15.4. The second-order valence-corrected chi connectivity index (χ2v) is 5.57. The number of phenolic OH excluding ortho intramolecular Hbond substituents is 1. The number of aromatic nitrogens is 2. The summed E-state index contributed by atoms with van der Waals surface area (Å²) in [6.45, 7) is 4.37. The van der Waals surface area contributed by atoms with Crippen molar-refractivity contribution in [2.24, 2.45) is 0 Å². The summed E-state index contributed by atoms with van der Waals surface area (Å²) in [6.07, 6.45) is 0.694. The predicted octanol–water partition coefficient (Wildman–Crippen LogP) is 1.01. The van der Waals surface area contributed by atoms with Crippen LogP contribution in [0.15, 0.2) is 23.0 Å². The zero-order chi connectivity index (χ0) is 16.4. The highest BCUT2D eigenvalue weighted by Crippen LogP contribution is 2.28. The number of phenols is 1. The third-order valence-electron chi connectivity index (χ3n) is 3.90. The highest BCUT2D eigenvalue weighted by molar-refractivity contribution is 5.42. The van der Waals surface area contributed by atoms with E-state index in [0.29, 0.717) is 37.4 Å². The van der Waals surface area contributed by atoms with Gasteiger partial charge in [-0.1, -0.05) is 6.07 Å². The van der Waals surface area contributed by atoms with Crippen molar-refractivity contribution in [2.45, 2.75) is 26.4 Å². The molecule has 0 aliphatic carbocycles. The summed E-state index contributed by atoms with van der Waals surface area (Å²) in [4.78, 5) is 20.9. The van der Waals surface area contributed by atoms with E-state index >= 15 is 0 Å². The van der Waals surface area contributed by atoms with E-state index in [1.165, 1.54) is 0 Å². The number of benzene rings is 1. The molecule has 1 aromatic carbocycles. The number of ether oxygens (including phenoxy) is 1. The zero-order valence-corrected chi connectivity index (χ0v) is 13.0. The maximum atomic E-state index is 12.0. The van der Waals surface area contributed by atoms with Crippen LogP contribution >= 0.6 is 0 Å². The average Bonchev–Trinajstić information content (AvgIpc) is 2.51. The Hall–Kier alpha value is -2.54. The maximum absolute atomic E-state index is 12.0. The van der Waals surface area contributed by atoms with E-state index in [9.17, 15) is 9.90 Å². The topological polar surface area (TPSA) is 104 Å². The summed E-state index contributed by atoms with van der Waals surface area (Å²) in [7, 11) is 0. The lowest BCUT2D eigenvalue weighted by Gasteiger charge is -2.27. The highest BCUT2D eigenvalue weighted by atomic mass is 16.5. The maximum Gasteiger partial charge on any atom is 0.257 e. The number of nitrogen functional groups attached to an aromatic ring is 1. The van der Waals surface area contributed by atoms with Crippen LogP contribution in [0, 0.1) is 0 Å². The van der Waals surface area contributed by atoms with Crippen molar-refractivity contribution in [1.29, 1.82) is 0 Å². The Labute approximate surface area is 133 Å². The molecule has 0 saturated carbocycles. The summed E-state index contributed by atoms with van der Waals surface area (Å²) in [5.41, 5.74) is 7.89. The Morgan fingerprint density at radius 2 is 2.30 bits per heavy atom. The fraction of sp³-hybridized carbons (Fsp3) is 0.375. The van der Waals surface area contributed by atoms with Gasteiger partial charge in [0.1, 0.15) is 0 Å². The molecule has 0 spiro atoms. The number of rotatable bonds is 4. The molecule has 0 fully saturated rings. The number of nitrogens with zero attached hydrogens (tertiary/aromatic N) is 2. The van der Waals surface area contributed by atoms with Crippen molar-refractivity contribution < 1.29 is 9.84 Å². The number of H-pyrrole nitrogens is 1. The van der Waals surface area contributed by atoms with Gasteiger partial charge in [-0.15, -0.1) is 0 Å². The summed E-state index contributed by atoms with van der Waals surface area (Å²) < 4.78 is 5.41. The van der Waals surface area contributed by atoms with E-state index < -0.39 is 0 Å². The van der Waals surface area contributed by atoms with Crippen LogP contribution in [0.5, 0.6) is 11.5 Å². The van der Waals surface area contributed by atoms with E-state index in [1.807, 2.05) is 19.1 Å². The first-order chi connectivity index (χ1) is 11.1. The fourth-order valence-electron chi connectivity index (χ4n) is 2.82. The molecule has 0 unspecified atom stereocenters. The normalized spacial score (nSPS) is 14.5. The van der Waals surface area contributed by atoms with Crippen LogP contribution in [-0.4, -0.2) is 33.1 Å². The first-order valence-corrected chi connectivity index (χ1v) is 7.61. The summed E-state index contributed by atoms with van der Waals surface area (Å²) in [5, 5.41) is 9.76. The molecule has 1 aliphatic heterocycles. The molecule has 0 atom stereocenters. The van der Waals surface area contributed by atoms with Crippen molar-refractivity contribution in [1.82, 2.24) is 14.9 Å². The van der Waals surface area contributed by atoms with Crippen molar-refractivity contribution >= 4 is 5.95 Å². The smallest absolute Gasteiger partial charge is 0.257 e. The van der Waals surface area contributed by atoms with Gasteiger partial charge in [-0.05, 0) is 24.6 Å². The third-order valence-corrected chi connectivity index (χ3v) is 3.90. The predicted molar refractivity (Wildman–Crippen MR) is 86.4 cm³/mol. The number of fused-ring (bicyclic) bond motifs is 1. The minimum atomic E-state index is -0.169. The van der Waals surface area contributed by atoms with Crippen LogP contribution in [0.1, 0.15) is 23.7 Å². The van der Waals surface area contributed by atoms with E-state index in [1.54, 1.807) is 6.07 Å². The van der Waals surface area contributed by atoms with Crippen LogP contribution in [0.2, 0.25) is 0 Å². The molecule has 0 amide bonds. The Kier molecular flexibility index (Phi) is 4.20. The van der Waals surface area contributed by atoms with Gasteiger partial charge in [0, 0.05) is 26.1 Å². The molecule has 0 radical (unpaired) electrons. The first-order valence-electron chi connectivity index (χ1n) is 7.61. The highest BCUT2D eigenvalue weighted by Gasteiger charge is 2.21. The lowest BCUT2D eigenvalue weighted by molar-refractivity contribution is 0.241. The Morgan fingerprint density at radius 3 is 3.09 bits per heavy atom. The minimum Gasteiger partial charge on any atom is -0.504 e. The van der Waals surface area contributed by atoms with Gasteiger partial charge in [-0.2, -0.15) is 0 Å². The monoisotopic (exact) mass is 316 g/mol. The zero-order valence-electron chi connectivity index (χ0n) is 13.0. The van der Waals surface area contributed by atoms with Crippen molar-refractivity contribution in [2.75, 3.05) is 18.9 Å². The summed E-state index contributed by atoms with van der Waals surface area (Å²) in [5.74, 6) is 0.785. The molecule has 122 valence electrons. The van der Waals surface area contributed by atoms with Gasteiger partial charge in [-0.3, -0.25) is 14.7 Å². The lowest BCUT2D eigenvalue weighted by Crippen LogP contribution is -2.35. The molecule has 4 N–H and O–H groups in total. The van der Waals surface area contributed by atoms with Crippen LogP contribution in [0.25, 0.3) is 0 Å². The summed E-state index contributed by atoms with van der Waals surface area (Å²) in [6, 6.07) is 5.33. The van der Waals surface area contributed by atoms with Gasteiger partial charge in [0.05, 0.1) is 17.9 Å². The molecule has 7 nitrogen and oxygen atoms in total. The number of hydrogen-bond donors (Lipinski definition) is 3. The quantitative estimate of drug-likeness (QED) is 0.778. The molecular formula is C16H20N4O3. The van der Waals surface area contributed by atoms with Gasteiger partial charge >= 0.3 is 0 Å². The van der Waals surface area contributed by atoms with E-state index in [2.05, 4.69) is 14.9 Å². The SMILES string of the molecule is CCOc1cc(CN2CCc3nc(N)[nH]c(=O)c3C2)ccc1O. The molecule has 1 aliphatic rings. The molecular weight excluding hydrogens is 296 g/mol. The van der Waals surface area contributed by atoms with Crippen molar-refractivity contribution in [3.8, 4) is 11.5 Å². The second-order valence-electron chi connectivity index (χ2n) is 5.57. The molecule has 3 rings (SSSR count). The van der Waals surface area contributed by atoms with Crippen LogP contribution in [0.3, 0.4) is 0 Å². The number of aromatic hydroxyl groups is 1. The van der Waals surface area contributed by atoms with Crippen molar-refractivity contribution in [3.63, 3.8) is 0 Å². The van der Waals surface area contributed by atoms with Crippen LogP contribution in [0.4, 0.5) is 5.95 Å². The lowest BCUT2D eigenvalue weighted by atomic mass is 10.1. The molecule has 7 heteroatoms. The van der Waals surface area contributed by atoms with Crippen LogP contribution in [-0.2, 0) is 19.5 Å². The van der Waals surface area contributed by atoms with Crippen LogP contribution < -0.4 is 16.0 Å². The number of anilines is 1. The Morgan fingerprint density at radius 1 is 1.48 bits per heavy atom. The largest absolute Gasteiger partial charge is 0.504 e. The standard InChI is InChI=1S/C16H20N4O3/c1-2-23-14-7-10(3-4-13(14)21)8-20-6-5-12-11(9-20)15(22)19-16(17)18-12/h3-4,7,21H,2,5-6,8-9H2,1H3,(H3,17,18,19,22). The minimum absolute atomic E-state index is 0.135. The molecule has 23 heavy (non-hydrogen) atoms. The molecule has 1 aromatic heterocycles. The van der Waals surface area contributed by atoms with E-state index in [0.717, 1.165) is 17.8 Å². The van der Waals surface area contributed by atoms with Gasteiger partial charge in [0.2, 0.25) is 5.95 Å². The number of nitrogens with one attached hydrogen (secondary N) is 1. The Balaban J connectivity index is 1.77. The van der Waals surface area contributed by atoms with Gasteiger partial charge in [-0.25, -0.2) is 4.98 Å².